The van der Waals surface area contributed by atoms with Crippen molar-refractivity contribution in [2.24, 2.45) is 0 Å². The van der Waals surface area contributed by atoms with Crippen molar-refractivity contribution >= 4 is 23.1 Å². The minimum absolute atomic E-state index is 0.0177. The van der Waals surface area contributed by atoms with E-state index < -0.39 is 17.7 Å². The fourth-order valence-corrected chi connectivity index (χ4v) is 4.09. The molecule has 1 unspecified atom stereocenters. The van der Waals surface area contributed by atoms with E-state index in [4.69, 9.17) is 9.84 Å². The number of amides is 1. The Bertz CT molecular complexity index is 1180. The molecular weight excluding hydrogens is 467 g/mol. The second-order valence-electron chi connectivity index (χ2n) is 8.56. The smallest absolute Gasteiger partial charge is 0.269 e. The van der Waals surface area contributed by atoms with Crippen molar-refractivity contribution in [2.75, 3.05) is 29.9 Å². The number of nitrogens with one attached hydrogen (secondary N) is 1. The molecule has 2 heterocycles. The second kappa shape index (κ2) is 11.6. The summed E-state index contributed by atoms with van der Waals surface area (Å²) in [4.78, 5) is 29.9. The van der Waals surface area contributed by atoms with Gasteiger partial charge in [0.15, 0.2) is 0 Å². The Morgan fingerprint density at radius 1 is 1.17 bits per heavy atom. The molecule has 188 valence electrons. The van der Waals surface area contributed by atoms with Gasteiger partial charge in [-0.3, -0.25) is 14.9 Å². The predicted molar refractivity (Wildman–Crippen MR) is 133 cm³/mol. The number of halogens is 1. The average Bonchev–Trinajstić information content (AvgIpc) is 2.90. The molecule has 1 aliphatic heterocycles. The lowest BCUT2D eigenvalue weighted by Gasteiger charge is -2.33. The van der Waals surface area contributed by atoms with Crippen LogP contribution in [0.3, 0.4) is 0 Å². The Labute approximate surface area is 207 Å². The van der Waals surface area contributed by atoms with Crippen LogP contribution in [0.2, 0.25) is 0 Å². The van der Waals surface area contributed by atoms with Crippen LogP contribution in [0.1, 0.15) is 28.8 Å². The molecule has 0 saturated carbocycles. The largest absolute Gasteiger partial charge is 0.490 e. The molecule has 4 rings (SSSR count). The number of non-ortho nitro benzene ring substituents is 1. The number of ether oxygens (including phenoxy) is 1. The number of nitro benzene ring substituents is 1. The zero-order valence-electron chi connectivity index (χ0n) is 19.5. The van der Waals surface area contributed by atoms with E-state index in [1.807, 2.05) is 4.90 Å². The maximum Gasteiger partial charge on any atom is 0.269 e. The minimum atomic E-state index is -1.31. The van der Waals surface area contributed by atoms with Gasteiger partial charge < -0.3 is 20.1 Å². The highest BCUT2D eigenvalue weighted by molar-refractivity contribution is 6.07. The summed E-state index contributed by atoms with van der Waals surface area (Å²) in [6.07, 6.45) is 1.82. The number of hydrogen-bond acceptors (Lipinski definition) is 7. The summed E-state index contributed by atoms with van der Waals surface area (Å²) in [6.45, 7) is 0.750. The van der Waals surface area contributed by atoms with Gasteiger partial charge in [-0.1, -0.05) is 12.1 Å². The van der Waals surface area contributed by atoms with E-state index in [1.54, 1.807) is 54.7 Å². The number of nitro groups is 1. The van der Waals surface area contributed by atoms with Crippen LogP contribution in [-0.4, -0.2) is 52.9 Å². The van der Waals surface area contributed by atoms with Crippen molar-refractivity contribution in [3.63, 3.8) is 0 Å². The molecule has 3 aromatic rings. The first-order valence-corrected chi connectivity index (χ1v) is 11.7. The third-order valence-electron chi connectivity index (χ3n) is 5.99. The lowest BCUT2D eigenvalue weighted by molar-refractivity contribution is -0.384. The van der Waals surface area contributed by atoms with Gasteiger partial charge in [-0.15, -0.1) is 0 Å². The van der Waals surface area contributed by atoms with Gasteiger partial charge in [0.25, 0.3) is 11.6 Å². The number of aromatic nitrogens is 1. The van der Waals surface area contributed by atoms with E-state index in [9.17, 15) is 19.3 Å². The van der Waals surface area contributed by atoms with E-state index in [0.29, 0.717) is 48.7 Å². The van der Waals surface area contributed by atoms with Crippen molar-refractivity contribution < 1.29 is 24.0 Å². The van der Waals surface area contributed by atoms with Gasteiger partial charge in [0, 0.05) is 56.4 Å². The van der Waals surface area contributed by atoms with Gasteiger partial charge in [-0.2, -0.15) is 0 Å². The van der Waals surface area contributed by atoms with Gasteiger partial charge in [0.1, 0.15) is 23.8 Å². The van der Waals surface area contributed by atoms with Crippen molar-refractivity contribution in [2.45, 2.75) is 31.5 Å². The predicted octanol–water partition coefficient (Wildman–Crippen LogP) is 4.16. The van der Waals surface area contributed by atoms with E-state index in [2.05, 4.69) is 10.3 Å². The molecule has 1 aromatic heterocycles. The number of pyridine rings is 1. The van der Waals surface area contributed by atoms with Gasteiger partial charge >= 0.3 is 0 Å². The second-order valence-corrected chi connectivity index (χ2v) is 8.56. The lowest BCUT2D eigenvalue weighted by Crippen LogP contribution is -2.39. The Balaban J connectivity index is 1.35. The number of rotatable bonds is 9. The van der Waals surface area contributed by atoms with Crippen molar-refractivity contribution in [3.8, 4) is 5.75 Å². The number of aliphatic hydroxyl groups is 1. The van der Waals surface area contributed by atoms with E-state index >= 15 is 0 Å². The van der Waals surface area contributed by atoms with Crippen LogP contribution in [0.5, 0.6) is 5.75 Å². The molecule has 2 N–H and O–H groups in total. The molecule has 1 fully saturated rings. The Hall–Kier alpha value is -4.05. The number of alkyl halides is 1. The zero-order valence-corrected chi connectivity index (χ0v) is 19.5. The van der Waals surface area contributed by atoms with Gasteiger partial charge in [0.05, 0.1) is 17.1 Å². The lowest BCUT2D eigenvalue weighted by atomic mass is 10.1. The number of carbonyl (C=O) groups excluding carboxylic acids is 1. The van der Waals surface area contributed by atoms with Crippen LogP contribution >= 0.6 is 0 Å². The Morgan fingerprint density at radius 3 is 2.50 bits per heavy atom. The third-order valence-corrected chi connectivity index (χ3v) is 5.99. The maximum absolute atomic E-state index is 13.4. The summed E-state index contributed by atoms with van der Waals surface area (Å²) in [6, 6.07) is 16.3. The number of aliphatic hydroxyl groups excluding tert-OH is 1. The fourth-order valence-electron chi connectivity index (χ4n) is 4.09. The topological polar surface area (TPSA) is 118 Å². The van der Waals surface area contributed by atoms with Crippen LogP contribution in [-0.2, 0) is 6.42 Å². The summed E-state index contributed by atoms with van der Waals surface area (Å²) in [5, 5.41) is 22.5. The third kappa shape index (κ3) is 6.33. The maximum atomic E-state index is 13.4. The SMILES string of the molecule is O=C(Nc1ccc(CC(F)CO)cc1)c1cccnc1N1CCC(Oc2ccc([N+](=O)[O-])cc2)CC1. The van der Waals surface area contributed by atoms with Crippen molar-refractivity contribution in [3.05, 3.63) is 88.1 Å². The standard InChI is InChI=1S/C26H27FN4O5/c27-19(17-32)16-18-3-5-20(6-4-18)29-26(33)24-2-1-13-28-25(24)30-14-11-23(12-15-30)36-22-9-7-21(8-10-22)31(34)35/h1-10,13,19,23,32H,11-12,14-17H2,(H,29,33). The first kappa shape index (κ1) is 25.1. The monoisotopic (exact) mass is 494 g/mol. The summed E-state index contributed by atoms with van der Waals surface area (Å²) in [5.41, 5.74) is 1.77. The first-order chi connectivity index (χ1) is 17.4. The van der Waals surface area contributed by atoms with Crippen LogP contribution in [0.25, 0.3) is 0 Å². The fraction of sp³-hybridized carbons (Fsp3) is 0.308. The summed E-state index contributed by atoms with van der Waals surface area (Å²) in [5.74, 6) is 0.874. The molecule has 0 bridgehead atoms. The Morgan fingerprint density at radius 2 is 1.86 bits per heavy atom. The Kier molecular flexibility index (Phi) is 8.06. The molecule has 36 heavy (non-hydrogen) atoms. The van der Waals surface area contributed by atoms with Gasteiger partial charge in [-0.25, -0.2) is 9.37 Å². The van der Waals surface area contributed by atoms with Gasteiger partial charge in [-0.05, 0) is 42.0 Å². The summed E-state index contributed by atoms with van der Waals surface area (Å²) < 4.78 is 19.4. The van der Waals surface area contributed by atoms with Crippen molar-refractivity contribution in [1.82, 2.24) is 4.98 Å². The van der Waals surface area contributed by atoms with Crippen LogP contribution in [0.4, 0.5) is 21.6 Å². The van der Waals surface area contributed by atoms with Crippen LogP contribution in [0.15, 0.2) is 66.9 Å². The van der Waals surface area contributed by atoms with Crippen LogP contribution in [0, 0.1) is 10.1 Å². The number of carbonyl (C=O) groups is 1. The summed E-state index contributed by atoms with van der Waals surface area (Å²) in [7, 11) is 0. The molecule has 10 heteroatoms. The number of hydrogen-bond donors (Lipinski definition) is 2. The molecule has 0 aliphatic carbocycles. The number of piperidine rings is 1. The average molecular weight is 495 g/mol. The highest BCUT2D eigenvalue weighted by Crippen LogP contribution is 2.26. The molecule has 1 amide bonds. The molecule has 0 radical (unpaired) electrons. The molecule has 1 saturated heterocycles. The molecule has 1 atom stereocenters. The van der Waals surface area contributed by atoms with Gasteiger partial charge in [0.2, 0.25) is 0 Å². The van der Waals surface area contributed by atoms with E-state index in [1.165, 1.54) is 12.1 Å². The molecular formula is C26H27FN4O5. The normalized spacial score (nSPS) is 14.8. The van der Waals surface area contributed by atoms with Crippen LogP contribution < -0.4 is 15.0 Å². The highest BCUT2D eigenvalue weighted by atomic mass is 19.1. The molecule has 9 nitrogen and oxygen atoms in total. The molecule has 1 aliphatic rings. The highest BCUT2D eigenvalue weighted by Gasteiger charge is 2.25. The molecule has 2 aromatic carbocycles. The number of nitrogens with zero attached hydrogens (tertiary/aromatic N) is 3. The molecule has 0 spiro atoms. The first-order valence-electron chi connectivity index (χ1n) is 11.7. The van der Waals surface area contributed by atoms with Crippen molar-refractivity contribution in [1.29, 1.82) is 0 Å². The minimum Gasteiger partial charge on any atom is -0.490 e. The quantitative estimate of drug-likeness (QED) is 0.339. The van der Waals surface area contributed by atoms with E-state index in [-0.39, 0.29) is 24.1 Å². The van der Waals surface area contributed by atoms with E-state index in [0.717, 1.165) is 5.56 Å². The zero-order chi connectivity index (χ0) is 25.5. The number of anilines is 2. The number of benzene rings is 2. The summed E-state index contributed by atoms with van der Waals surface area (Å²) >= 11 is 0.